The maximum atomic E-state index is 12.6. The molecule has 2 atom stereocenters. The predicted octanol–water partition coefficient (Wildman–Crippen LogP) is 3.25. The summed E-state index contributed by atoms with van der Waals surface area (Å²) in [6.07, 6.45) is 3.98. The number of hydrogen-bond acceptors (Lipinski definition) is 4. The van der Waals surface area contributed by atoms with Crippen LogP contribution in [-0.4, -0.2) is 55.2 Å². The van der Waals surface area contributed by atoms with E-state index in [2.05, 4.69) is 32.2 Å². The molecule has 1 aromatic carbocycles. The van der Waals surface area contributed by atoms with Crippen molar-refractivity contribution in [3.63, 3.8) is 0 Å². The number of amides is 2. The first-order valence-electron chi connectivity index (χ1n) is 9.84. The van der Waals surface area contributed by atoms with Crippen LogP contribution in [0.15, 0.2) is 22.7 Å². The van der Waals surface area contributed by atoms with Gasteiger partial charge in [0.1, 0.15) is 0 Å². The number of rotatable bonds is 4. The first kappa shape index (κ1) is 18.6. The number of carbonyl (C=O) groups is 2. The number of fused-ring (bicyclic) bond motifs is 3. The minimum Gasteiger partial charge on any atom is -0.450 e. The lowest BCUT2D eigenvalue weighted by molar-refractivity contribution is -0.121. The molecule has 1 saturated heterocycles. The molecular weight excluding hydrogens is 410 g/mol. The van der Waals surface area contributed by atoms with Crippen molar-refractivity contribution in [3.8, 4) is 0 Å². The summed E-state index contributed by atoms with van der Waals surface area (Å²) in [5.41, 5.74) is 2.31. The van der Waals surface area contributed by atoms with E-state index in [9.17, 15) is 9.59 Å². The summed E-state index contributed by atoms with van der Waals surface area (Å²) in [4.78, 5) is 28.8. The van der Waals surface area contributed by atoms with Gasteiger partial charge in [-0.3, -0.25) is 4.79 Å². The maximum Gasteiger partial charge on any atom is 0.409 e. The van der Waals surface area contributed by atoms with E-state index in [-0.39, 0.29) is 24.0 Å². The number of hydrogen-bond donors (Lipinski definition) is 1. The van der Waals surface area contributed by atoms with Gasteiger partial charge in [0.05, 0.1) is 18.8 Å². The Bertz CT molecular complexity index is 737. The summed E-state index contributed by atoms with van der Waals surface area (Å²) >= 11 is 3.68. The molecule has 3 aliphatic rings. The number of ether oxygens (including phenoxy) is 1. The average Bonchev–Trinajstić information content (AvgIpc) is 2.93. The van der Waals surface area contributed by atoms with Gasteiger partial charge in [-0.2, -0.15) is 0 Å². The first-order valence-corrected chi connectivity index (χ1v) is 10.6. The summed E-state index contributed by atoms with van der Waals surface area (Å²) < 4.78 is 6.20. The molecular formula is C20H26BrN3O3. The molecule has 0 bridgehead atoms. The van der Waals surface area contributed by atoms with Gasteiger partial charge in [0.15, 0.2) is 0 Å². The van der Waals surface area contributed by atoms with Crippen LogP contribution in [0.4, 0.5) is 10.5 Å². The molecule has 2 fully saturated rings. The van der Waals surface area contributed by atoms with Gasteiger partial charge in [0.25, 0.3) is 0 Å². The molecule has 2 unspecified atom stereocenters. The number of nitrogens with one attached hydrogen (secondary N) is 1. The van der Waals surface area contributed by atoms with E-state index in [0.717, 1.165) is 29.4 Å². The summed E-state index contributed by atoms with van der Waals surface area (Å²) in [7, 11) is 0. The Hall–Kier alpha value is -1.76. The van der Waals surface area contributed by atoms with Gasteiger partial charge in [-0.1, -0.05) is 12.1 Å². The van der Waals surface area contributed by atoms with Crippen LogP contribution >= 0.6 is 15.9 Å². The molecule has 1 aliphatic carbocycles. The zero-order chi connectivity index (χ0) is 19.0. The molecule has 1 aromatic rings. The molecule has 27 heavy (non-hydrogen) atoms. The molecule has 2 heterocycles. The zero-order valence-electron chi connectivity index (χ0n) is 15.6. The van der Waals surface area contributed by atoms with Crippen molar-refractivity contribution in [2.24, 2.45) is 0 Å². The standard InChI is InChI=1S/C20H26BrN3O3/c1-2-27-20(26)23-10-9-17-15(11-23)14-7-4-8-16(21)19(14)24(17)12-18(25)22-13-5-3-6-13/h4,7-8,13,15,17H,2-3,5-6,9-12H2,1H3,(H,22,25). The zero-order valence-corrected chi connectivity index (χ0v) is 17.2. The van der Waals surface area contributed by atoms with Crippen molar-refractivity contribution in [3.05, 3.63) is 28.2 Å². The number of benzene rings is 1. The average molecular weight is 436 g/mol. The van der Waals surface area contributed by atoms with Gasteiger partial charge in [-0.05, 0) is 60.2 Å². The molecule has 1 saturated carbocycles. The number of piperidine rings is 1. The highest BCUT2D eigenvalue weighted by molar-refractivity contribution is 9.10. The number of carbonyl (C=O) groups excluding carboxylic acids is 2. The Morgan fingerprint density at radius 2 is 2.11 bits per heavy atom. The van der Waals surface area contributed by atoms with Gasteiger partial charge < -0.3 is 19.9 Å². The Labute approximate surface area is 168 Å². The molecule has 2 aliphatic heterocycles. The van der Waals surface area contributed by atoms with E-state index < -0.39 is 0 Å². The van der Waals surface area contributed by atoms with Crippen molar-refractivity contribution < 1.29 is 14.3 Å². The van der Waals surface area contributed by atoms with Crippen molar-refractivity contribution in [1.82, 2.24) is 10.2 Å². The van der Waals surface area contributed by atoms with Crippen molar-refractivity contribution in [1.29, 1.82) is 0 Å². The molecule has 1 N–H and O–H groups in total. The lowest BCUT2D eigenvalue weighted by Crippen LogP contribution is -2.51. The van der Waals surface area contributed by atoms with Crippen LogP contribution in [0, 0.1) is 0 Å². The molecule has 0 spiro atoms. The van der Waals surface area contributed by atoms with Gasteiger partial charge in [0.2, 0.25) is 5.91 Å². The Morgan fingerprint density at radius 3 is 2.81 bits per heavy atom. The molecule has 146 valence electrons. The Morgan fingerprint density at radius 1 is 1.30 bits per heavy atom. The molecule has 6 nitrogen and oxygen atoms in total. The molecule has 0 radical (unpaired) electrons. The minimum atomic E-state index is -0.242. The quantitative estimate of drug-likeness (QED) is 0.788. The van der Waals surface area contributed by atoms with E-state index in [4.69, 9.17) is 4.74 Å². The third-order valence-electron chi connectivity index (χ3n) is 5.99. The van der Waals surface area contributed by atoms with Crippen LogP contribution in [0.1, 0.15) is 44.1 Å². The highest BCUT2D eigenvalue weighted by Crippen LogP contribution is 2.47. The minimum absolute atomic E-state index is 0.0925. The summed E-state index contributed by atoms with van der Waals surface area (Å²) in [5, 5.41) is 3.15. The number of nitrogens with zero attached hydrogens (tertiary/aromatic N) is 2. The normalized spacial score (nSPS) is 24.1. The molecule has 7 heteroatoms. The van der Waals surface area contributed by atoms with Gasteiger partial charge >= 0.3 is 6.09 Å². The Kier molecular flexibility index (Phi) is 5.30. The second kappa shape index (κ2) is 7.70. The largest absolute Gasteiger partial charge is 0.450 e. The summed E-state index contributed by atoms with van der Waals surface area (Å²) in [6, 6.07) is 6.75. The van der Waals surface area contributed by atoms with Gasteiger partial charge in [0, 0.05) is 35.6 Å². The van der Waals surface area contributed by atoms with Crippen molar-refractivity contribution >= 4 is 33.6 Å². The second-order valence-corrected chi connectivity index (χ2v) is 8.46. The molecule has 4 rings (SSSR count). The van der Waals surface area contributed by atoms with E-state index in [1.807, 2.05) is 19.1 Å². The first-order chi connectivity index (χ1) is 13.1. The second-order valence-electron chi connectivity index (χ2n) is 7.61. The van der Waals surface area contributed by atoms with Crippen LogP contribution in [0.25, 0.3) is 0 Å². The smallest absolute Gasteiger partial charge is 0.409 e. The van der Waals surface area contributed by atoms with Crippen molar-refractivity contribution in [2.75, 3.05) is 31.1 Å². The van der Waals surface area contributed by atoms with Crippen LogP contribution in [0.5, 0.6) is 0 Å². The number of anilines is 1. The highest BCUT2D eigenvalue weighted by Gasteiger charge is 2.44. The predicted molar refractivity (Wildman–Crippen MR) is 107 cm³/mol. The fraction of sp³-hybridized carbons (Fsp3) is 0.600. The van der Waals surface area contributed by atoms with Gasteiger partial charge in [-0.25, -0.2) is 4.79 Å². The van der Waals surface area contributed by atoms with Gasteiger partial charge in [-0.15, -0.1) is 0 Å². The maximum absolute atomic E-state index is 12.6. The van der Waals surface area contributed by atoms with E-state index >= 15 is 0 Å². The highest BCUT2D eigenvalue weighted by atomic mass is 79.9. The lowest BCUT2D eigenvalue weighted by atomic mass is 9.89. The fourth-order valence-corrected chi connectivity index (χ4v) is 5.09. The Balaban J connectivity index is 1.55. The van der Waals surface area contributed by atoms with E-state index in [1.54, 1.807) is 4.90 Å². The van der Waals surface area contributed by atoms with Crippen LogP contribution in [0.2, 0.25) is 0 Å². The topological polar surface area (TPSA) is 61.9 Å². The third-order valence-corrected chi connectivity index (χ3v) is 6.63. The fourth-order valence-electron chi connectivity index (χ4n) is 4.48. The van der Waals surface area contributed by atoms with Crippen LogP contribution < -0.4 is 10.2 Å². The van der Waals surface area contributed by atoms with E-state index in [0.29, 0.717) is 32.3 Å². The number of para-hydroxylation sites is 1. The third kappa shape index (κ3) is 3.53. The van der Waals surface area contributed by atoms with Crippen molar-refractivity contribution in [2.45, 2.75) is 50.6 Å². The number of halogens is 1. The SMILES string of the molecule is CCOC(=O)N1CCC2C(C1)c1cccc(Br)c1N2CC(=O)NC1CCC1. The molecule has 0 aromatic heterocycles. The lowest BCUT2D eigenvalue weighted by Gasteiger charge is -2.38. The van der Waals surface area contributed by atoms with Crippen LogP contribution in [0.3, 0.4) is 0 Å². The number of likely N-dealkylation sites (tertiary alicyclic amines) is 1. The summed E-state index contributed by atoms with van der Waals surface area (Å²) in [5.74, 6) is 0.294. The summed E-state index contributed by atoms with van der Waals surface area (Å²) in [6.45, 7) is 3.88. The molecule has 2 amide bonds. The van der Waals surface area contributed by atoms with Crippen LogP contribution in [-0.2, 0) is 9.53 Å². The van der Waals surface area contributed by atoms with E-state index in [1.165, 1.54) is 12.0 Å². The monoisotopic (exact) mass is 435 g/mol.